The van der Waals surface area contributed by atoms with Gasteiger partial charge in [-0.1, -0.05) is 36.4 Å². The number of hydrazine groups is 1. The number of nitrogens with zero attached hydrogens (tertiary/aromatic N) is 4. The van der Waals surface area contributed by atoms with E-state index in [-0.39, 0.29) is 36.4 Å². The van der Waals surface area contributed by atoms with Crippen molar-refractivity contribution in [3.8, 4) is 0 Å². The molecule has 0 aliphatic carbocycles. The third kappa shape index (κ3) is 4.72. The molecule has 34 heavy (non-hydrogen) atoms. The van der Waals surface area contributed by atoms with E-state index in [1.54, 1.807) is 24.0 Å². The largest absolute Gasteiger partial charge is 0.466 e. The number of nitrogens with one attached hydrogen (secondary N) is 2. The molecule has 1 aliphatic heterocycles. The van der Waals surface area contributed by atoms with Crippen molar-refractivity contribution in [3.05, 3.63) is 64.5 Å². The molecule has 0 spiro atoms. The van der Waals surface area contributed by atoms with Gasteiger partial charge in [0.25, 0.3) is 5.91 Å². The highest BCUT2D eigenvalue weighted by molar-refractivity contribution is 6.07. The number of nitro groups is 1. The summed E-state index contributed by atoms with van der Waals surface area (Å²) in [5.41, 5.74) is 5.11. The smallest absolute Gasteiger partial charge is 0.355 e. The quantitative estimate of drug-likeness (QED) is 0.307. The highest BCUT2D eigenvalue weighted by Crippen LogP contribution is 2.34. The van der Waals surface area contributed by atoms with E-state index in [0.717, 1.165) is 10.8 Å². The van der Waals surface area contributed by atoms with Gasteiger partial charge in [-0.2, -0.15) is 0 Å². The van der Waals surface area contributed by atoms with E-state index in [1.807, 2.05) is 30.3 Å². The van der Waals surface area contributed by atoms with Crippen LogP contribution >= 0.6 is 0 Å². The Balaban J connectivity index is 1.56. The number of fused-ring (bicyclic) bond motifs is 1. The van der Waals surface area contributed by atoms with Gasteiger partial charge in [-0.05, 0) is 36.6 Å². The van der Waals surface area contributed by atoms with Crippen LogP contribution in [-0.2, 0) is 9.53 Å². The third-order valence-corrected chi connectivity index (χ3v) is 5.66. The second-order valence-corrected chi connectivity index (χ2v) is 7.79. The van der Waals surface area contributed by atoms with Gasteiger partial charge < -0.3 is 9.64 Å². The molecule has 0 radical (unpaired) electrons. The minimum Gasteiger partial charge on any atom is -0.466 e. The van der Waals surface area contributed by atoms with Crippen molar-refractivity contribution in [3.63, 3.8) is 0 Å². The zero-order valence-electron chi connectivity index (χ0n) is 18.6. The normalized spacial score (nSPS) is 15.6. The first kappa shape index (κ1) is 22.9. The van der Waals surface area contributed by atoms with Crippen molar-refractivity contribution in [2.75, 3.05) is 30.0 Å². The van der Waals surface area contributed by atoms with Gasteiger partial charge in [-0.3, -0.25) is 30.6 Å². The molecule has 11 heteroatoms. The lowest BCUT2D eigenvalue weighted by Gasteiger charge is -2.32. The van der Waals surface area contributed by atoms with Crippen LogP contribution in [0.2, 0.25) is 0 Å². The number of ether oxygens (including phenoxy) is 1. The van der Waals surface area contributed by atoms with E-state index >= 15 is 0 Å². The second-order valence-electron chi connectivity index (χ2n) is 7.79. The van der Waals surface area contributed by atoms with Gasteiger partial charge in [0.1, 0.15) is 6.33 Å². The lowest BCUT2D eigenvalue weighted by molar-refractivity contribution is -0.383. The van der Waals surface area contributed by atoms with Crippen LogP contribution < -0.4 is 15.8 Å². The topological polar surface area (TPSA) is 140 Å². The number of esters is 1. The molecule has 176 valence electrons. The third-order valence-electron chi connectivity index (χ3n) is 5.66. The summed E-state index contributed by atoms with van der Waals surface area (Å²) in [6.07, 6.45) is 2.48. The van der Waals surface area contributed by atoms with Gasteiger partial charge in [-0.15, -0.1) is 0 Å². The Morgan fingerprint density at radius 3 is 2.79 bits per heavy atom. The summed E-state index contributed by atoms with van der Waals surface area (Å²) in [5.74, 6) is -1.26. The predicted molar refractivity (Wildman–Crippen MR) is 125 cm³/mol. The molecule has 1 atom stereocenters. The number of amides is 1. The van der Waals surface area contributed by atoms with Crippen LogP contribution in [-0.4, -0.2) is 46.5 Å². The Morgan fingerprint density at radius 2 is 2.00 bits per heavy atom. The van der Waals surface area contributed by atoms with Crippen molar-refractivity contribution < 1.29 is 19.2 Å². The zero-order valence-corrected chi connectivity index (χ0v) is 18.6. The molecule has 1 aliphatic rings. The molecule has 1 fully saturated rings. The first-order chi connectivity index (χ1) is 16.5. The summed E-state index contributed by atoms with van der Waals surface area (Å²) in [6, 6.07) is 12.7. The van der Waals surface area contributed by atoms with Crippen LogP contribution in [0.4, 0.5) is 17.3 Å². The second kappa shape index (κ2) is 10.1. The maximum absolute atomic E-state index is 12.8. The van der Waals surface area contributed by atoms with Crippen LogP contribution in [0.5, 0.6) is 0 Å². The van der Waals surface area contributed by atoms with E-state index in [0.29, 0.717) is 24.9 Å². The minimum absolute atomic E-state index is 0.0795. The number of benzene rings is 2. The van der Waals surface area contributed by atoms with Crippen molar-refractivity contribution >= 4 is 40.0 Å². The predicted octanol–water partition coefficient (Wildman–Crippen LogP) is 3.07. The number of piperidine rings is 1. The summed E-state index contributed by atoms with van der Waals surface area (Å²) < 4.78 is 5.11. The average Bonchev–Trinajstić information content (AvgIpc) is 2.86. The van der Waals surface area contributed by atoms with E-state index in [2.05, 4.69) is 20.8 Å². The molecule has 1 aromatic heterocycles. The molecule has 1 amide bonds. The summed E-state index contributed by atoms with van der Waals surface area (Å²) in [5, 5.41) is 13.6. The summed E-state index contributed by atoms with van der Waals surface area (Å²) in [7, 11) is 0. The van der Waals surface area contributed by atoms with Gasteiger partial charge in [0, 0.05) is 18.7 Å². The van der Waals surface area contributed by atoms with Crippen molar-refractivity contribution in [1.29, 1.82) is 0 Å². The van der Waals surface area contributed by atoms with Gasteiger partial charge in [0.2, 0.25) is 11.6 Å². The van der Waals surface area contributed by atoms with Gasteiger partial charge in [0.15, 0.2) is 0 Å². The maximum Gasteiger partial charge on any atom is 0.355 e. The number of rotatable bonds is 7. The number of anilines is 2. The fourth-order valence-corrected chi connectivity index (χ4v) is 4.09. The van der Waals surface area contributed by atoms with Crippen molar-refractivity contribution in [2.45, 2.75) is 19.8 Å². The minimum atomic E-state index is -0.601. The van der Waals surface area contributed by atoms with Crippen molar-refractivity contribution in [1.82, 2.24) is 15.4 Å². The van der Waals surface area contributed by atoms with Crippen LogP contribution in [0.1, 0.15) is 30.1 Å². The number of carbonyl (C=O) groups excluding carboxylic acids is 2. The Kier molecular flexibility index (Phi) is 6.81. The highest BCUT2D eigenvalue weighted by atomic mass is 16.6. The molecule has 0 bridgehead atoms. The monoisotopic (exact) mass is 464 g/mol. The van der Waals surface area contributed by atoms with Gasteiger partial charge >= 0.3 is 11.7 Å². The molecule has 1 unspecified atom stereocenters. The van der Waals surface area contributed by atoms with Gasteiger partial charge in [0.05, 0.1) is 17.4 Å². The lowest BCUT2D eigenvalue weighted by Crippen LogP contribution is -2.40. The number of hydrogen-bond donors (Lipinski definition) is 2. The zero-order chi connectivity index (χ0) is 24.1. The Bertz CT molecular complexity index is 1230. The first-order valence-electron chi connectivity index (χ1n) is 10.9. The maximum atomic E-state index is 12.8. The fourth-order valence-electron chi connectivity index (χ4n) is 4.09. The van der Waals surface area contributed by atoms with E-state index < -0.39 is 16.7 Å². The van der Waals surface area contributed by atoms with E-state index in [1.165, 1.54) is 6.33 Å². The van der Waals surface area contributed by atoms with Crippen LogP contribution in [0, 0.1) is 16.0 Å². The summed E-state index contributed by atoms with van der Waals surface area (Å²) >= 11 is 0. The SMILES string of the molecule is CCOC(=O)C1CCCN(c2ncnc(NNC(=O)c3cccc4ccccc34)c2[N+](=O)[O-])C1. The molecule has 1 saturated heterocycles. The van der Waals surface area contributed by atoms with E-state index in [9.17, 15) is 19.7 Å². The number of aromatic nitrogens is 2. The summed E-state index contributed by atoms with van der Waals surface area (Å²) in [4.78, 5) is 46.1. The molecule has 2 aromatic carbocycles. The van der Waals surface area contributed by atoms with Crippen molar-refractivity contribution in [2.24, 2.45) is 5.92 Å². The fraction of sp³-hybridized carbons (Fsp3) is 0.304. The summed E-state index contributed by atoms with van der Waals surface area (Å²) in [6.45, 7) is 2.75. The Morgan fingerprint density at radius 1 is 1.21 bits per heavy atom. The Hall–Kier alpha value is -4.28. The first-order valence-corrected chi connectivity index (χ1v) is 10.9. The van der Waals surface area contributed by atoms with Crippen LogP contribution in [0.25, 0.3) is 10.8 Å². The molecular formula is C23H24N6O5. The Labute approximate surface area is 195 Å². The van der Waals surface area contributed by atoms with Crippen LogP contribution in [0.15, 0.2) is 48.8 Å². The molecule has 3 aromatic rings. The molecule has 0 saturated carbocycles. The standard InChI is InChI=1S/C23H24N6O5/c1-2-34-23(31)16-9-6-12-28(13-16)21-19(29(32)33)20(24-14-25-21)26-27-22(30)18-11-5-8-15-7-3-4-10-17(15)18/h3-5,7-8,10-11,14,16H,2,6,9,12-13H2,1H3,(H,27,30)(H,24,25,26). The lowest BCUT2D eigenvalue weighted by atomic mass is 9.98. The molecule has 2 N–H and O–H groups in total. The highest BCUT2D eigenvalue weighted by Gasteiger charge is 2.33. The molecule has 2 heterocycles. The number of hydrogen-bond acceptors (Lipinski definition) is 9. The number of carbonyl (C=O) groups is 2. The van der Waals surface area contributed by atoms with Crippen LogP contribution in [0.3, 0.4) is 0 Å². The molecule has 11 nitrogen and oxygen atoms in total. The van der Waals surface area contributed by atoms with Gasteiger partial charge in [-0.25, -0.2) is 9.97 Å². The average molecular weight is 464 g/mol. The molecule has 4 rings (SSSR count). The molecular weight excluding hydrogens is 440 g/mol. The van der Waals surface area contributed by atoms with E-state index in [4.69, 9.17) is 4.74 Å².